The first-order valence-electron chi connectivity index (χ1n) is 11.8. The van der Waals surface area contributed by atoms with Gasteiger partial charge in [-0.05, 0) is 30.2 Å². The largest absolute Gasteiger partial charge is 0.265 e. The van der Waals surface area contributed by atoms with Crippen molar-refractivity contribution in [1.82, 2.24) is 15.2 Å². The molecule has 1 aromatic heterocycles. The number of nitrogens with one attached hydrogen (secondary N) is 1. The van der Waals surface area contributed by atoms with Gasteiger partial charge in [-0.1, -0.05) is 103 Å². The highest BCUT2D eigenvalue weighted by molar-refractivity contribution is 7.99. The quantitative estimate of drug-likeness (QED) is 0.202. The molecule has 0 aliphatic heterocycles. The number of aromatic nitrogens is 3. The molecule has 0 spiro atoms. The van der Waals surface area contributed by atoms with Gasteiger partial charge in [0.2, 0.25) is 0 Å². The second kappa shape index (κ2) is 11.3. The first kappa shape index (κ1) is 25.9. The molecule has 9 heteroatoms. The molecule has 4 aromatic carbocycles. The molecule has 0 saturated heterocycles. The molecule has 0 aliphatic rings. The Morgan fingerprint density at radius 3 is 2.00 bits per heavy atom. The van der Waals surface area contributed by atoms with E-state index in [0.717, 1.165) is 16.7 Å². The lowest BCUT2D eigenvalue weighted by molar-refractivity contribution is 0.598. The van der Waals surface area contributed by atoms with Gasteiger partial charge >= 0.3 is 0 Å². The van der Waals surface area contributed by atoms with E-state index in [1.807, 2.05) is 91.0 Å². The Bertz CT molecular complexity index is 1670. The van der Waals surface area contributed by atoms with Crippen LogP contribution in [-0.2, 0) is 15.8 Å². The predicted molar refractivity (Wildman–Crippen MR) is 154 cm³/mol. The minimum absolute atomic E-state index is 0.109. The summed E-state index contributed by atoms with van der Waals surface area (Å²) in [5, 5.41) is 8.99. The molecule has 0 saturated carbocycles. The van der Waals surface area contributed by atoms with Crippen LogP contribution in [0.1, 0.15) is 11.1 Å². The van der Waals surface area contributed by atoms with Crippen molar-refractivity contribution in [2.24, 2.45) is 0 Å². The van der Waals surface area contributed by atoms with E-state index >= 15 is 0 Å². The third-order valence-corrected chi connectivity index (χ3v) is 8.79. The van der Waals surface area contributed by atoms with Crippen molar-refractivity contribution < 1.29 is 8.42 Å². The monoisotopic (exact) mass is 558 g/mol. The number of rotatable bonds is 8. The van der Waals surface area contributed by atoms with Crippen LogP contribution in [0.2, 0.25) is 5.02 Å². The van der Waals surface area contributed by atoms with E-state index in [-0.39, 0.29) is 10.8 Å². The predicted octanol–water partition coefficient (Wildman–Crippen LogP) is 7.26. The lowest BCUT2D eigenvalue weighted by atomic mass is 10.0. The average Bonchev–Trinajstić information content (AvgIpc) is 2.94. The molecule has 5 aromatic rings. The molecule has 190 valence electrons. The highest BCUT2D eigenvalue weighted by Gasteiger charge is 2.23. The molecule has 0 radical (unpaired) electrons. The zero-order valence-corrected chi connectivity index (χ0v) is 22.8. The summed E-state index contributed by atoms with van der Waals surface area (Å²) >= 11 is 7.78. The number of sulfonamides is 1. The van der Waals surface area contributed by atoms with E-state index in [0.29, 0.717) is 32.6 Å². The molecule has 0 aliphatic carbocycles. The maximum atomic E-state index is 13.6. The van der Waals surface area contributed by atoms with Gasteiger partial charge in [-0.3, -0.25) is 0 Å². The second-order valence-electron chi connectivity index (χ2n) is 8.49. The first-order chi connectivity index (χ1) is 18.4. The van der Waals surface area contributed by atoms with Crippen LogP contribution in [0.5, 0.6) is 0 Å². The van der Waals surface area contributed by atoms with Gasteiger partial charge in [-0.15, -0.1) is 22.0 Å². The van der Waals surface area contributed by atoms with Crippen LogP contribution in [0.4, 0.5) is 5.95 Å². The second-order valence-corrected chi connectivity index (χ2v) is 11.6. The normalized spacial score (nSPS) is 11.3. The van der Waals surface area contributed by atoms with Gasteiger partial charge < -0.3 is 0 Å². The molecule has 0 amide bonds. The van der Waals surface area contributed by atoms with Crippen molar-refractivity contribution in [3.05, 3.63) is 119 Å². The van der Waals surface area contributed by atoms with Crippen LogP contribution in [0.3, 0.4) is 0 Å². The summed E-state index contributed by atoms with van der Waals surface area (Å²) in [5.74, 6) is 0.472. The summed E-state index contributed by atoms with van der Waals surface area (Å²) in [6, 6.07) is 32.1. The maximum absolute atomic E-state index is 13.6. The lowest BCUT2D eigenvalue weighted by Crippen LogP contribution is -2.17. The minimum atomic E-state index is -4.06. The number of hydrogen-bond donors (Lipinski definition) is 1. The summed E-state index contributed by atoms with van der Waals surface area (Å²) in [4.78, 5) is 5.24. The molecule has 0 bridgehead atoms. The van der Waals surface area contributed by atoms with Crippen molar-refractivity contribution in [3.63, 3.8) is 0 Å². The van der Waals surface area contributed by atoms with Gasteiger partial charge in [0.25, 0.3) is 16.0 Å². The van der Waals surface area contributed by atoms with E-state index in [4.69, 9.17) is 11.6 Å². The lowest BCUT2D eigenvalue weighted by Gasteiger charge is -2.14. The van der Waals surface area contributed by atoms with Crippen molar-refractivity contribution in [2.75, 3.05) is 4.72 Å². The number of hydrogen-bond acceptors (Lipinski definition) is 6. The van der Waals surface area contributed by atoms with Gasteiger partial charge in [0.15, 0.2) is 0 Å². The molecule has 6 nitrogen and oxygen atoms in total. The Labute approximate surface area is 231 Å². The van der Waals surface area contributed by atoms with Gasteiger partial charge in [0, 0.05) is 26.8 Å². The molecule has 0 fully saturated rings. The topological polar surface area (TPSA) is 84.8 Å². The Balaban J connectivity index is 1.52. The zero-order chi connectivity index (χ0) is 26.5. The summed E-state index contributed by atoms with van der Waals surface area (Å²) in [5.41, 5.74) is 4.43. The van der Waals surface area contributed by atoms with E-state index in [9.17, 15) is 8.42 Å². The van der Waals surface area contributed by atoms with Gasteiger partial charge in [-0.25, -0.2) is 18.1 Å². The van der Waals surface area contributed by atoms with Crippen molar-refractivity contribution >= 4 is 39.3 Å². The Morgan fingerprint density at radius 2 is 1.37 bits per heavy atom. The number of aryl methyl sites for hydroxylation is 1. The molecule has 0 atom stereocenters. The van der Waals surface area contributed by atoms with E-state index < -0.39 is 10.0 Å². The first-order valence-corrected chi connectivity index (χ1v) is 14.6. The third-order valence-electron chi connectivity index (χ3n) is 5.76. The Hall–Kier alpha value is -3.72. The minimum Gasteiger partial charge on any atom is -0.246 e. The fraction of sp³-hybridized carbons (Fsp3) is 0.0690. The number of thioether (sulfide) groups is 1. The third kappa shape index (κ3) is 5.88. The summed E-state index contributed by atoms with van der Waals surface area (Å²) in [7, 11) is -4.06. The maximum Gasteiger partial charge on any atom is 0.265 e. The van der Waals surface area contributed by atoms with Crippen molar-refractivity contribution in [2.45, 2.75) is 22.5 Å². The van der Waals surface area contributed by atoms with Gasteiger partial charge in [0.05, 0.1) is 0 Å². The molecule has 1 heterocycles. The number of anilines is 1. The summed E-state index contributed by atoms with van der Waals surface area (Å²) < 4.78 is 29.8. The van der Waals surface area contributed by atoms with Crippen LogP contribution in [0, 0.1) is 6.92 Å². The highest BCUT2D eigenvalue weighted by Crippen LogP contribution is 2.35. The van der Waals surface area contributed by atoms with Crippen LogP contribution in [-0.4, -0.2) is 23.6 Å². The fourth-order valence-electron chi connectivity index (χ4n) is 3.83. The Morgan fingerprint density at radius 1 is 0.789 bits per heavy atom. The van der Waals surface area contributed by atoms with Crippen LogP contribution < -0.4 is 4.72 Å². The smallest absolute Gasteiger partial charge is 0.246 e. The summed E-state index contributed by atoms with van der Waals surface area (Å²) in [6.45, 7) is 1.77. The number of benzene rings is 4. The highest BCUT2D eigenvalue weighted by atomic mass is 35.5. The van der Waals surface area contributed by atoms with E-state index in [1.54, 1.807) is 19.1 Å². The average molecular weight is 559 g/mol. The molecule has 1 N–H and O–H groups in total. The van der Waals surface area contributed by atoms with Gasteiger partial charge in [-0.2, -0.15) is 0 Å². The summed E-state index contributed by atoms with van der Waals surface area (Å²) in [6.07, 6.45) is 0. The molecular formula is C29H23ClN4O2S2. The van der Waals surface area contributed by atoms with Crippen LogP contribution in [0.15, 0.2) is 113 Å². The van der Waals surface area contributed by atoms with Crippen LogP contribution >= 0.6 is 23.4 Å². The molecule has 0 unspecified atom stereocenters. The van der Waals surface area contributed by atoms with Crippen LogP contribution in [0.25, 0.3) is 22.5 Å². The van der Waals surface area contributed by atoms with E-state index in [2.05, 4.69) is 19.9 Å². The number of halogens is 1. The fourth-order valence-corrected chi connectivity index (χ4v) is 6.57. The van der Waals surface area contributed by atoms with Crippen molar-refractivity contribution in [1.29, 1.82) is 0 Å². The molecular weight excluding hydrogens is 536 g/mol. The SMILES string of the molecule is Cc1cc(S(=O)(=O)Nc2nnc(-c3ccccc3)c(-c3ccccc3)n2)c(SCc2ccccc2)cc1Cl. The number of nitrogens with zero attached hydrogens (tertiary/aromatic N) is 3. The standard InChI is InChI=1S/C29H23ClN4O2S2/c1-20-17-26(25(18-24(20)30)37-19-21-11-5-2-6-12-21)38(35,36)34-29-31-27(22-13-7-3-8-14-22)28(32-33-29)23-15-9-4-10-16-23/h2-18H,19H2,1H3,(H,31,33,34). The van der Waals surface area contributed by atoms with E-state index in [1.165, 1.54) is 11.8 Å². The van der Waals surface area contributed by atoms with Crippen molar-refractivity contribution in [3.8, 4) is 22.5 Å². The molecule has 5 rings (SSSR count). The zero-order valence-electron chi connectivity index (χ0n) is 20.4. The molecule has 38 heavy (non-hydrogen) atoms. The Kier molecular flexibility index (Phi) is 7.74. The van der Waals surface area contributed by atoms with Gasteiger partial charge in [0.1, 0.15) is 16.3 Å².